The average molecular weight is 461 g/mol. The minimum atomic E-state index is 0.919. The van der Waals surface area contributed by atoms with Gasteiger partial charge in [0.15, 0.2) is 0 Å². The van der Waals surface area contributed by atoms with Gasteiger partial charge in [-0.05, 0) is 35.9 Å². The minimum absolute atomic E-state index is 0.919. The van der Waals surface area contributed by atoms with Gasteiger partial charge in [0.05, 0.1) is 16.7 Å². The number of pyridine rings is 1. The van der Waals surface area contributed by atoms with Crippen LogP contribution in [0.25, 0.3) is 71.8 Å². The number of aromatic nitrogens is 2. The van der Waals surface area contributed by atoms with Crippen molar-refractivity contribution in [1.29, 1.82) is 0 Å². The third-order valence-corrected chi connectivity index (χ3v) is 7.22. The summed E-state index contributed by atoms with van der Waals surface area (Å²) in [7, 11) is 0. The predicted molar refractivity (Wildman–Crippen MR) is 148 cm³/mol. The first-order valence-corrected chi connectivity index (χ1v) is 12.1. The molecule has 0 N–H and O–H groups in total. The van der Waals surface area contributed by atoms with Crippen molar-refractivity contribution < 1.29 is 4.42 Å². The molecule has 3 heterocycles. The summed E-state index contributed by atoms with van der Waals surface area (Å²) in [6, 6.07) is 40.2. The fraction of sp³-hybridized carbons (Fsp3) is 0. The largest absolute Gasteiger partial charge is 0.455 e. The molecule has 0 amide bonds. The molecule has 5 aromatic carbocycles. The number of para-hydroxylation sites is 4. The molecule has 0 bridgehead atoms. The standard InChI is InChI=1S/C33H20N2O/c1-4-13-29-24(8-1)28-20-35(30-14-5-2-10-27(30)32(28)34-29)22-18-16-21(17-19-22)23-11-7-12-26-25-9-3-6-15-31(25)36-33(23)26/h1-20H. The van der Waals surface area contributed by atoms with Crippen LogP contribution < -0.4 is 0 Å². The maximum atomic E-state index is 6.28. The molecule has 0 aliphatic carbocycles. The molecule has 2 aliphatic rings. The maximum Gasteiger partial charge on any atom is 0.143 e. The van der Waals surface area contributed by atoms with E-state index < -0.39 is 0 Å². The van der Waals surface area contributed by atoms with Crippen LogP contribution in [-0.4, -0.2) is 9.55 Å². The molecule has 0 saturated carbocycles. The van der Waals surface area contributed by atoms with Crippen molar-refractivity contribution >= 4 is 43.7 Å². The number of rotatable bonds is 2. The third kappa shape index (κ3) is 2.71. The summed E-state index contributed by atoms with van der Waals surface area (Å²) in [6.45, 7) is 0. The van der Waals surface area contributed by atoms with E-state index in [9.17, 15) is 0 Å². The molecule has 36 heavy (non-hydrogen) atoms. The van der Waals surface area contributed by atoms with Crippen LogP contribution in [0.4, 0.5) is 0 Å². The molecule has 0 atom stereocenters. The van der Waals surface area contributed by atoms with Gasteiger partial charge in [-0.15, -0.1) is 0 Å². The second-order valence-corrected chi connectivity index (χ2v) is 9.23. The Morgan fingerprint density at radius 3 is 2.17 bits per heavy atom. The topological polar surface area (TPSA) is 31.0 Å². The highest BCUT2D eigenvalue weighted by molar-refractivity contribution is 6.10. The summed E-state index contributed by atoms with van der Waals surface area (Å²) >= 11 is 0. The van der Waals surface area contributed by atoms with E-state index in [-0.39, 0.29) is 0 Å². The summed E-state index contributed by atoms with van der Waals surface area (Å²) in [4.78, 5) is 4.96. The molecule has 0 saturated heterocycles. The van der Waals surface area contributed by atoms with E-state index in [1.807, 2.05) is 18.2 Å². The van der Waals surface area contributed by atoms with Crippen LogP contribution in [0.3, 0.4) is 0 Å². The molecule has 1 aromatic heterocycles. The Hall–Kier alpha value is -4.89. The first-order chi connectivity index (χ1) is 17.8. The molecular weight excluding hydrogens is 440 g/mol. The predicted octanol–water partition coefficient (Wildman–Crippen LogP) is 8.85. The zero-order valence-corrected chi connectivity index (χ0v) is 19.3. The van der Waals surface area contributed by atoms with Crippen LogP contribution in [-0.2, 0) is 0 Å². The lowest BCUT2D eigenvalue weighted by Crippen LogP contribution is -1.99. The molecule has 3 nitrogen and oxygen atoms in total. The summed E-state index contributed by atoms with van der Waals surface area (Å²) in [5.41, 5.74) is 9.59. The van der Waals surface area contributed by atoms with Crippen molar-refractivity contribution in [3.8, 4) is 28.1 Å². The van der Waals surface area contributed by atoms with Crippen LogP contribution in [0.15, 0.2) is 126 Å². The van der Waals surface area contributed by atoms with Gasteiger partial charge in [0, 0.05) is 44.6 Å². The van der Waals surface area contributed by atoms with Crippen molar-refractivity contribution in [2.45, 2.75) is 0 Å². The molecule has 0 radical (unpaired) electrons. The SMILES string of the molecule is c1ccc2c3cn(-c4ccc(-c5cccc6c5oc5ccccc56)cc4)c4ccccc4c-3nc2c1. The first kappa shape index (κ1) is 19.4. The first-order valence-electron chi connectivity index (χ1n) is 12.1. The number of hydrogen-bond acceptors (Lipinski definition) is 2. The minimum Gasteiger partial charge on any atom is -0.455 e. The number of benzene rings is 5. The van der Waals surface area contributed by atoms with Crippen LogP contribution >= 0.6 is 0 Å². The van der Waals surface area contributed by atoms with E-state index in [1.165, 1.54) is 10.9 Å². The molecule has 8 rings (SSSR count). The van der Waals surface area contributed by atoms with E-state index in [1.54, 1.807) is 0 Å². The van der Waals surface area contributed by atoms with E-state index in [0.717, 1.165) is 60.9 Å². The Bertz CT molecular complexity index is 2040. The molecule has 2 aliphatic heterocycles. The summed E-state index contributed by atoms with van der Waals surface area (Å²) < 4.78 is 8.55. The van der Waals surface area contributed by atoms with E-state index in [0.29, 0.717) is 0 Å². The molecule has 0 spiro atoms. The summed E-state index contributed by atoms with van der Waals surface area (Å²) in [5, 5.41) is 4.63. The Morgan fingerprint density at radius 1 is 0.556 bits per heavy atom. The lowest BCUT2D eigenvalue weighted by atomic mass is 10.0. The van der Waals surface area contributed by atoms with Crippen molar-refractivity contribution in [2.75, 3.05) is 0 Å². The number of hydrogen-bond donors (Lipinski definition) is 0. The smallest absolute Gasteiger partial charge is 0.143 e. The van der Waals surface area contributed by atoms with Crippen LogP contribution in [0.1, 0.15) is 0 Å². The lowest BCUT2D eigenvalue weighted by molar-refractivity contribution is 0.670. The van der Waals surface area contributed by atoms with E-state index in [2.05, 4.69) is 108 Å². The number of nitrogens with zero attached hydrogens (tertiary/aromatic N) is 2. The molecule has 3 heteroatoms. The van der Waals surface area contributed by atoms with Crippen LogP contribution in [0.5, 0.6) is 0 Å². The maximum absolute atomic E-state index is 6.28. The van der Waals surface area contributed by atoms with Crippen LogP contribution in [0, 0.1) is 0 Å². The van der Waals surface area contributed by atoms with Gasteiger partial charge in [-0.1, -0.05) is 84.9 Å². The number of furan rings is 1. The number of fused-ring (bicyclic) bond motifs is 8. The van der Waals surface area contributed by atoms with Crippen molar-refractivity contribution in [3.05, 3.63) is 121 Å². The normalized spacial score (nSPS) is 11.9. The van der Waals surface area contributed by atoms with Gasteiger partial charge in [0.25, 0.3) is 0 Å². The Kier molecular flexibility index (Phi) is 3.94. The van der Waals surface area contributed by atoms with E-state index in [4.69, 9.17) is 9.40 Å². The molecule has 168 valence electrons. The fourth-order valence-corrected chi connectivity index (χ4v) is 5.52. The molecule has 6 aromatic rings. The summed E-state index contributed by atoms with van der Waals surface area (Å²) in [6.07, 6.45) is 2.22. The van der Waals surface area contributed by atoms with Crippen molar-refractivity contribution in [2.24, 2.45) is 0 Å². The Balaban J connectivity index is 1.32. The fourth-order valence-electron chi connectivity index (χ4n) is 5.52. The lowest BCUT2D eigenvalue weighted by Gasteiger charge is -2.15. The Labute approximate surface area is 207 Å². The van der Waals surface area contributed by atoms with Crippen molar-refractivity contribution in [1.82, 2.24) is 9.55 Å². The zero-order chi connectivity index (χ0) is 23.6. The third-order valence-electron chi connectivity index (χ3n) is 7.22. The van der Waals surface area contributed by atoms with Gasteiger partial charge in [-0.25, -0.2) is 4.98 Å². The second kappa shape index (κ2) is 7.30. The van der Waals surface area contributed by atoms with Gasteiger partial charge < -0.3 is 8.98 Å². The highest BCUT2D eigenvalue weighted by Gasteiger charge is 2.18. The van der Waals surface area contributed by atoms with Crippen LogP contribution in [0.2, 0.25) is 0 Å². The van der Waals surface area contributed by atoms with Gasteiger partial charge in [0.2, 0.25) is 0 Å². The molecular formula is C33H20N2O. The van der Waals surface area contributed by atoms with Gasteiger partial charge in [0.1, 0.15) is 11.2 Å². The van der Waals surface area contributed by atoms with E-state index >= 15 is 0 Å². The highest BCUT2D eigenvalue weighted by Crippen LogP contribution is 2.39. The van der Waals surface area contributed by atoms with Gasteiger partial charge in [-0.3, -0.25) is 0 Å². The molecule has 0 unspecified atom stereocenters. The molecule has 0 fully saturated rings. The monoisotopic (exact) mass is 460 g/mol. The highest BCUT2D eigenvalue weighted by atomic mass is 16.3. The summed E-state index contributed by atoms with van der Waals surface area (Å²) in [5.74, 6) is 0. The van der Waals surface area contributed by atoms with Gasteiger partial charge in [-0.2, -0.15) is 0 Å². The average Bonchev–Trinajstić information content (AvgIpc) is 3.51. The van der Waals surface area contributed by atoms with Gasteiger partial charge >= 0.3 is 0 Å². The Morgan fingerprint density at radius 2 is 1.28 bits per heavy atom. The quantitative estimate of drug-likeness (QED) is 0.258. The van der Waals surface area contributed by atoms with Crippen molar-refractivity contribution in [3.63, 3.8) is 0 Å². The second-order valence-electron chi connectivity index (χ2n) is 9.23. The zero-order valence-electron chi connectivity index (χ0n) is 19.3.